The number of hydrogen-bond donors (Lipinski definition) is 1. The van der Waals surface area contributed by atoms with Crippen molar-refractivity contribution in [1.82, 2.24) is 9.80 Å². The molecule has 1 aromatic heterocycles. The van der Waals surface area contributed by atoms with Crippen molar-refractivity contribution in [3.8, 4) is 0 Å². The number of carbonyl (C=O) groups is 2. The molecular formula is C33H45N3O6S. The third-order valence-corrected chi connectivity index (χ3v) is 9.63. The molecule has 1 saturated heterocycles. The first kappa shape index (κ1) is 32.7. The molecule has 43 heavy (non-hydrogen) atoms. The third kappa shape index (κ3) is 10.5. The van der Waals surface area contributed by atoms with Gasteiger partial charge in [0.15, 0.2) is 0 Å². The van der Waals surface area contributed by atoms with E-state index in [2.05, 4.69) is 11.5 Å². The molecule has 3 atom stereocenters. The fourth-order valence-corrected chi connectivity index (χ4v) is 6.98. The van der Waals surface area contributed by atoms with Crippen molar-refractivity contribution in [2.45, 2.75) is 70.4 Å². The van der Waals surface area contributed by atoms with Crippen LogP contribution < -0.4 is 0 Å². The van der Waals surface area contributed by atoms with Gasteiger partial charge in [-0.25, -0.2) is 4.79 Å². The van der Waals surface area contributed by atoms with E-state index in [1.54, 1.807) is 34.4 Å². The van der Waals surface area contributed by atoms with Crippen molar-refractivity contribution in [3.05, 3.63) is 75.5 Å². The van der Waals surface area contributed by atoms with E-state index in [0.717, 1.165) is 58.2 Å². The summed E-state index contributed by atoms with van der Waals surface area (Å²) >= 11 is 1.71. The average Bonchev–Trinajstić information content (AvgIpc) is 3.63. The maximum atomic E-state index is 12.9. The maximum Gasteiger partial charge on any atom is 0.410 e. The molecule has 3 fully saturated rings. The zero-order chi connectivity index (χ0) is 30.6. The standard InChI is InChI=1S/C29H41N3O6.C4H4S/c1-2-14-31(29(35)38-20-22-8-10-26(11-9-22)32(36)37)25-12-15-30(16-13-25)19-23-4-3-5-24(17-23)27(28(33)34)18-21-6-7-21;1-2-4-5-3-1/h2,8-11,21,23-25,27H,1,3-7,12-20H2,(H,33,34);1-4H. The smallest absolute Gasteiger partial charge is 0.410 e. The van der Waals surface area contributed by atoms with Crippen LogP contribution in [0.25, 0.3) is 0 Å². The number of ether oxygens (including phenoxy) is 1. The molecule has 3 unspecified atom stereocenters. The van der Waals surface area contributed by atoms with Gasteiger partial charge >= 0.3 is 12.1 Å². The molecule has 3 aliphatic rings. The number of nitrogens with zero attached hydrogens (tertiary/aromatic N) is 3. The fourth-order valence-electron chi connectivity index (χ4n) is 6.53. The van der Waals surface area contributed by atoms with Gasteiger partial charge in [0.25, 0.3) is 5.69 Å². The summed E-state index contributed by atoms with van der Waals surface area (Å²) in [5.74, 6) is 0.696. The van der Waals surface area contributed by atoms with Crippen LogP contribution in [0.4, 0.5) is 10.5 Å². The summed E-state index contributed by atoms with van der Waals surface area (Å²) in [5.41, 5.74) is 0.703. The summed E-state index contributed by atoms with van der Waals surface area (Å²) in [4.78, 5) is 39.4. The number of hydrogen-bond acceptors (Lipinski definition) is 7. The van der Waals surface area contributed by atoms with Crippen molar-refractivity contribution in [2.24, 2.45) is 23.7 Å². The lowest BCUT2D eigenvalue weighted by atomic mass is 9.73. The molecule has 9 nitrogen and oxygen atoms in total. The van der Waals surface area contributed by atoms with E-state index in [1.165, 1.54) is 31.4 Å². The average molecular weight is 612 g/mol. The van der Waals surface area contributed by atoms with Crippen LogP contribution in [-0.2, 0) is 16.1 Å². The second-order valence-electron chi connectivity index (χ2n) is 12.2. The lowest BCUT2D eigenvalue weighted by Crippen LogP contribution is -2.48. The van der Waals surface area contributed by atoms with Gasteiger partial charge in [0.2, 0.25) is 0 Å². The number of carboxylic acid groups (broad SMARTS) is 1. The number of aliphatic carboxylic acids is 1. The number of non-ortho nitro benzene ring substituents is 1. The Morgan fingerprint density at radius 3 is 2.35 bits per heavy atom. The summed E-state index contributed by atoms with van der Waals surface area (Å²) in [5, 5.41) is 24.7. The topological polar surface area (TPSA) is 113 Å². The molecule has 1 amide bonds. The highest BCUT2D eigenvalue weighted by Gasteiger charge is 2.37. The molecule has 2 saturated carbocycles. The number of rotatable bonds is 12. The molecular weight excluding hydrogens is 566 g/mol. The first-order valence-electron chi connectivity index (χ1n) is 15.5. The number of carboxylic acids is 1. The van der Waals surface area contributed by atoms with Gasteiger partial charge < -0.3 is 19.6 Å². The molecule has 2 aliphatic carbocycles. The number of nitro benzene ring substituents is 1. The van der Waals surface area contributed by atoms with Crippen LogP contribution >= 0.6 is 11.3 Å². The molecule has 0 radical (unpaired) electrons. The van der Waals surface area contributed by atoms with Crippen LogP contribution in [-0.4, -0.2) is 64.1 Å². The lowest BCUT2D eigenvalue weighted by Gasteiger charge is -2.40. The highest BCUT2D eigenvalue weighted by molar-refractivity contribution is 7.07. The van der Waals surface area contributed by atoms with Crippen LogP contribution in [0, 0.1) is 33.8 Å². The Bertz CT molecular complexity index is 1140. The van der Waals surface area contributed by atoms with E-state index in [0.29, 0.717) is 29.9 Å². The number of piperidine rings is 1. The Labute approximate surface area is 258 Å². The van der Waals surface area contributed by atoms with Gasteiger partial charge in [-0.1, -0.05) is 37.5 Å². The van der Waals surface area contributed by atoms with E-state index in [-0.39, 0.29) is 24.3 Å². The van der Waals surface area contributed by atoms with E-state index in [9.17, 15) is 24.8 Å². The molecule has 0 bridgehead atoms. The van der Waals surface area contributed by atoms with Gasteiger partial charge in [0, 0.05) is 44.4 Å². The van der Waals surface area contributed by atoms with Crippen LogP contribution in [0.15, 0.2) is 59.8 Å². The van der Waals surface area contributed by atoms with Gasteiger partial charge in [0.05, 0.1) is 10.8 Å². The van der Waals surface area contributed by atoms with Gasteiger partial charge in [-0.15, -0.1) is 6.58 Å². The molecule has 1 N–H and O–H groups in total. The highest BCUT2D eigenvalue weighted by atomic mass is 32.1. The molecule has 2 aromatic rings. The number of amides is 1. The Morgan fingerprint density at radius 2 is 1.79 bits per heavy atom. The Morgan fingerprint density at radius 1 is 1.09 bits per heavy atom. The van der Waals surface area contributed by atoms with Crippen molar-refractivity contribution in [3.63, 3.8) is 0 Å². The van der Waals surface area contributed by atoms with Gasteiger partial charge in [0.1, 0.15) is 6.61 Å². The fraction of sp³-hybridized carbons (Fsp3) is 0.576. The quantitative estimate of drug-likeness (QED) is 0.153. The van der Waals surface area contributed by atoms with E-state index in [1.807, 2.05) is 22.9 Å². The van der Waals surface area contributed by atoms with Crippen molar-refractivity contribution in [1.29, 1.82) is 0 Å². The summed E-state index contributed by atoms with van der Waals surface area (Å²) in [7, 11) is 0. The molecule has 2 heterocycles. The number of benzene rings is 1. The number of carbonyl (C=O) groups excluding carboxylic acids is 1. The largest absolute Gasteiger partial charge is 0.481 e. The molecule has 234 valence electrons. The monoisotopic (exact) mass is 611 g/mol. The number of thiophene rings is 1. The van der Waals surface area contributed by atoms with E-state index in [4.69, 9.17) is 4.74 Å². The molecule has 5 rings (SSSR count). The first-order valence-corrected chi connectivity index (χ1v) is 16.5. The normalized spacial score (nSPS) is 21.6. The minimum Gasteiger partial charge on any atom is -0.481 e. The Balaban J connectivity index is 0.000000767. The molecule has 10 heteroatoms. The van der Waals surface area contributed by atoms with E-state index >= 15 is 0 Å². The second kappa shape index (κ2) is 16.6. The summed E-state index contributed by atoms with van der Waals surface area (Å²) < 4.78 is 5.54. The van der Waals surface area contributed by atoms with Crippen LogP contribution in [0.1, 0.15) is 63.4 Å². The number of nitro groups is 1. The van der Waals surface area contributed by atoms with Gasteiger partial charge in [-0.05, 0) is 84.7 Å². The summed E-state index contributed by atoms with van der Waals surface area (Å²) in [6.45, 7) is 7.08. The zero-order valence-electron chi connectivity index (χ0n) is 24.9. The molecule has 1 aromatic carbocycles. The third-order valence-electron chi connectivity index (χ3n) is 9.00. The van der Waals surface area contributed by atoms with Crippen molar-refractivity contribution >= 4 is 29.1 Å². The Kier molecular flexibility index (Phi) is 12.6. The number of likely N-dealkylation sites (tertiary alicyclic amines) is 1. The first-order chi connectivity index (χ1) is 20.8. The van der Waals surface area contributed by atoms with Crippen molar-refractivity contribution in [2.75, 3.05) is 26.2 Å². The van der Waals surface area contributed by atoms with Crippen LogP contribution in [0.5, 0.6) is 0 Å². The maximum absolute atomic E-state index is 12.9. The van der Waals surface area contributed by atoms with E-state index < -0.39 is 17.0 Å². The summed E-state index contributed by atoms with van der Waals surface area (Å²) in [6, 6.07) is 10.1. The second-order valence-corrected chi connectivity index (χ2v) is 13.0. The zero-order valence-corrected chi connectivity index (χ0v) is 25.7. The van der Waals surface area contributed by atoms with Gasteiger partial charge in [-0.3, -0.25) is 14.9 Å². The lowest BCUT2D eigenvalue weighted by molar-refractivity contribution is -0.384. The SMILES string of the molecule is C=CCN(C(=O)OCc1ccc([N+](=O)[O-])cc1)C1CCN(CC2CCCC(C(CC3CC3)C(=O)O)C2)CC1.c1ccsc1. The van der Waals surface area contributed by atoms with Crippen LogP contribution in [0.3, 0.4) is 0 Å². The minimum atomic E-state index is -0.605. The summed E-state index contributed by atoms with van der Waals surface area (Å²) in [6.07, 6.45) is 10.6. The van der Waals surface area contributed by atoms with Gasteiger partial charge in [-0.2, -0.15) is 11.3 Å². The Hall–Kier alpha value is -3.24. The van der Waals surface area contributed by atoms with Crippen LogP contribution in [0.2, 0.25) is 0 Å². The van der Waals surface area contributed by atoms with Crippen molar-refractivity contribution < 1.29 is 24.4 Å². The minimum absolute atomic E-state index is 0.00355. The highest BCUT2D eigenvalue weighted by Crippen LogP contribution is 2.42. The molecule has 0 spiro atoms. The predicted octanol–water partition coefficient (Wildman–Crippen LogP) is 7.24. The predicted molar refractivity (Wildman–Crippen MR) is 168 cm³/mol. The molecule has 1 aliphatic heterocycles.